The molecule has 1 aromatic rings. The van der Waals surface area contributed by atoms with Gasteiger partial charge >= 0.3 is 7.60 Å². The number of carbonyl (C=O) groups excluding carboxylic acids is 1. The van der Waals surface area contributed by atoms with Crippen LogP contribution >= 0.6 is 7.60 Å². The zero-order chi connectivity index (χ0) is 18.2. The zero-order valence-electron chi connectivity index (χ0n) is 13.4. The van der Waals surface area contributed by atoms with Gasteiger partial charge in [-0.2, -0.15) is 0 Å². The Morgan fingerprint density at radius 1 is 1.42 bits per heavy atom. The van der Waals surface area contributed by atoms with Crippen molar-refractivity contribution in [2.45, 2.75) is 24.9 Å². The maximum Gasteiger partial charge on any atom is 0.402 e. The second-order valence-electron chi connectivity index (χ2n) is 5.13. The van der Waals surface area contributed by atoms with E-state index in [4.69, 9.17) is 27.9 Å². The van der Waals surface area contributed by atoms with E-state index in [9.17, 15) is 14.3 Å². The molecule has 5 N–H and O–H groups in total. The summed E-state index contributed by atoms with van der Waals surface area (Å²) in [7, 11) is 2.79. The lowest BCUT2D eigenvalue weighted by Crippen LogP contribution is -2.40. The molecule has 0 aliphatic heterocycles. The van der Waals surface area contributed by atoms with Crippen molar-refractivity contribution in [3.05, 3.63) is 29.8 Å². The summed E-state index contributed by atoms with van der Waals surface area (Å²) in [4.78, 5) is 21.1. The van der Waals surface area contributed by atoms with Crippen LogP contribution < -0.4 is 15.6 Å². The van der Waals surface area contributed by atoms with Crippen LogP contribution in [0.25, 0.3) is 0 Å². The third-order valence-electron chi connectivity index (χ3n) is 3.15. The Morgan fingerprint density at radius 3 is 2.54 bits per heavy atom. The molecule has 0 saturated heterocycles. The Balaban J connectivity index is 2.59. The number of rotatable bonds is 10. The van der Waals surface area contributed by atoms with Gasteiger partial charge in [-0.15, -0.1) is 0 Å². The van der Waals surface area contributed by atoms with Crippen molar-refractivity contribution >= 4 is 21.3 Å². The molecule has 3 atom stereocenters. The molecule has 1 aromatic carbocycles. The normalized spacial score (nSPS) is 16.0. The Bertz CT molecular complexity index is 567. The van der Waals surface area contributed by atoms with Crippen LogP contribution in [0.3, 0.4) is 0 Å². The summed E-state index contributed by atoms with van der Waals surface area (Å²) in [5.41, 5.74) is 6.50. The van der Waals surface area contributed by atoms with E-state index in [1.165, 1.54) is 19.2 Å². The van der Waals surface area contributed by atoms with Crippen LogP contribution in [0.2, 0.25) is 6.32 Å². The van der Waals surface area contributed by atoms with Crippen LogP contribution in [0, 0.1) is 0 Å². The van der Waals surface area contributed by atoms with Gasteiger partial charge in [0, 0.05) is 7.05 Å². The molecule has 0 aliphatic carbocycles. The van der Waals surface area contributed by atoms with E-state index < -0.39 is 26.1 Å². The van der Waals surface area contributed by atoms with E-state index in [0.29, 0.717) is 6.42 Å². The number of nitrogens with one attached hydrogen (secondary N) is 1. The Hall–Kier alpha value is -1.38. The summed E-state index contributed by atoms with van der Waals surface area (Å²) < 4.78 is 22.0. The van der Waals surface area contributed by atoms with Crippen molar-refractivity contribution < 1.29 is 28.6 Å². The van der Waals surface area contributed by atoms with E-state index in [2.05, 4.69) is 5.32 Å². The van der Waals surface area contributed by atoms with Crippen molar-refractivity contribution in [1.29, 1.82) is 0 Å². The molecule has 0 spiro atoms. The lowest BCUT2D eigenvalue weighted by molar-refractivity contribution is -0.121. The minimum Gasteiger partial charge on any atom is -0.423 e. The molecule has 0 aliphatic rings. The highest BCUT2D eigenvalue weighted by Gasteiger charge is 2.23. The van der Waals surface area contributed by atoms with Gasteiger partial charge in [-0.1, -0.05) is 18.5 Å². The maximum absolute atomic E-state index is 11.9. The second kappa shape index (κ2) is 9.81. The van der Waals surface area contributed by atoms with E-state index in [1.807, 2.05) is 0 Å². The number of hydrogen-bond acceptors (Lipinski definition) is 6. The Morgan fingerprint density at radius 2 is 2.04 bits per heavy atom. The molecule has 0 heterocycles. The minimum atomic E-state index is -4.04. The number of carbonyl (C=O) groups is 1. The minimum absolute atomic E-state index is 0.0246. The molecule has 0 saturated carbocycles. The number of likely N-dealkylation sites (N-methyl/N-ethyl adjacent to an activating group) is 1. The first-order valence-corrected chi connectivity index (χ1v) is 9.07. The molecule has 132 valence electrons. The average molecular weight is 356 g/mol. The van der Waals surface area contributed by atoms with Crippen molar-refractivity contribution in [1.82, 2.24) is 5.32 Å². The van der Waals surface area contributed by atoms with Crippen LogP contribution in [0.4, 0.5) is 0 Å². The highest BCUT2D eigenvalue weighted by atomic mass is 31.2. The van der Waals surface area contributed by atoms with Gasteiger partial charge < -0.3 is 30.3 Å². The summed E-state index contributed by atoms with van der Waals surface area (Å²) in [6, 6.07) is 5.62. The van der Waals surface area contributed by atoms with Gasteiger partial charge in [0.2, 0.25) is 5.91 Å². The van der Waals surface area contributed by atoms with Crippen molar-refractivity contribution in [2.75, 3.05) is 20.0 Å². The Labute approximate surface area is 142 Å². The summed E-state index contributed by atoms with van der Waals surface area (Å²) in [6.45, 7) is -0.350. The summed E-state index contributed by atoms with van der Waals surface area (Å²) in [5, 5.41) is 11.4. The molecule has 0 fully saturated rings. The molecule has 2 radical (unpaired) electrons. The van der Waals surface area contributed by atoms with Crippen molar-refractivity contribution in [2.24, 2.45) is 5.73 Å². The van der Waals surface area contributed by atoms with Crippen LogP contribution in [0.1, 0.15) is 5.56 Å². The van der Waals surface area contributed by atoms with Gasteiger partial charge in [-0.05, 0) is 24.1 Å². The van der Waals surface area contributed by atoms with Crippen molar-refractivity contribution in [3.8, 4) is 5.75 Å². The van der Waals surface area contributed by atoms with E-state index >= 15 is 0 Å². The molecular weight excluding hydrogens is 334 g/mol. The largest absolute Gasteiger partial charge is 0.423 e. The quantitative estimate of drug-likeness (QED) is 0.337. The van der Waals surface area contributed by atoms with E-state index in [-0.39, 0.29) is 24.6 Å². The summed E-state index contributed by atoms with van der Waals surface area (Å²) >= 11 is 0. The van der Waals surface area contributed by atoms with Gasteiger partial charge in [0.1, 0.15) is 5.75 Å². The second-order valence-corrected chi connectivity index (χ2v) is 6.85. The third-order valence-corrected chi connectivity index (χ3v) is 4.12. The monoisotopic (exact) mass is 356 g/mol. The average Bonchev–Trinajstić information content (AvgIpc) is 2.56. The van der Waals surface area contributed by atoms with Crippen molar-refractivity contribution in [3.63, 3.8) is 0 Å². The van der Waals surface area contributed by atoms with Gasteiger partial charge in [-0.3, -0.25) is 4.79 Å². The topological polar surface area (TPSA) is 131 Å². The molecular formula is C14H22BN2O6P. The molecule has 1 amide bonds. The smallest absolute Gasteiger partial charge is 0.402 e. The highest BCUT2D eigenvalue weighted by Crippen LogP contribution is 2.42. The lowest BCUT2D eigenvalue weighted by Gasteiger charge is -2.18. The van der Waals surface area contributed by atoms with Gasteiger partial charge in [-0.25, -0.2) is 4.57 Å². The molecule has 2 unspecified atom stereocenters. The fourth-order valence-corrected chi connectivity index (χ4v) is 2.71. The van der Waals surface area contributed by atoms with Crippen LogP contribution in [-0.4, -0.2) is 55.9 Å². The SMILES string of the molecule is [B]C[C@@H](CO)OCP(=O)(O)Oc1ccc(CC(N)C(=O)NC)cc1. The predicted molar refractivity (Wildman–Crippen MR) is 90.0 cm³/mol. The molecule has 10 heteroatoms. The Kier molecular flexibility index (Phi) is 8.45. The van der Waals surface area contributed by atoms with Crippen LogP contribution in [-0.2, 0) is 20.5 Å². The number of benzene rings is 1. The lowest BCUT2D eigenvalue weighted by atomic mass is 10.0. The van der Waals surface area contributed by atoms with Crippen LogP contribution in [0.5, 0.6) is 5.75 Å². The zero-order valence-corrected chi connectivity index (χ0v) is 14.3. The molecule has 24 heavy (non-hydrogen) atoms. The number of nitrogens with two attached hydrogens (primary N) is 1. The molecule has 8 nitrogen and oxygen atoms in total. The highest BCUT2D eigenvalue weighted by molar-refractivity contribution is 7.53. The number of hydrogen-bond donors (Lipinski definition) is 4. The van der Waals surface area contributed by atoms with Gasteiger partial charge in [0.05, 0.1) is 26.6 Å². The molecule has 0 bridgehead atoms. The van der Waals surface area contributed by atoms with E-state index in [1.54, 1.807) is 12.1 Å². The number of amides is 1. The van der Waals surface area contributed by atoms with Crippen LogP contribution in [0.15, 0.2) is 24.3 Å². The fraction of sp³-hybridized carbons (Fsp3) is 0.500. The first kappa shape index (κ1) is 20.7. The van der Waals surface area contributed by atoms with E-state index in [0.717, 1.165) is 5.56 Å². The first-order valence-electron chi connectivity index (χ1n) is 7.31. The first-order chi connectivity index (χ1) is 11.3. The predicted octanol–water partition coefficient (Wildman–Crippen LogP) is -0.212. The maximum atomic E-state index is 11.9. The fourth-order valence-electron chi connectivity index (χ4n) is 1.80. The number of ether oxygens (including phenoxy) is 1. The molecule has 0 aromatic heterocycles. The number of aliphatic hydroxyl groups excluding tert-OH is 1. The molecule has 1 rings (SSSR count). The van der Waals surface area contributed by atoms with Gasteiger partial charge in [0.25, 0.3) is 0 Å². The van der Waals surface area contributed by atoms with Gasteiger partial charge in [0.15, 0.2) is 6.35 Å². The summed E-state index contributed by atoms with van der Waals surface area (Å²) in [6.07, 6.45) is -0.952. The summed E-state index contributed by atoms with van der Waals surface area (Å²) in [5.74, 6) is -0.0966. The number of aliphatic hydroxyl groups is 1. The third kappa shape index (κ3) is 7.03. The standard InChI is InChI=1S/C14H22BN2O6P/c1-17-14(19)13(16)6-10-2-4-11(5-3-10)23-24(20,21)9-22-12(7-15)8-18/h2-5,12-13,18H,6-9,16H2,1H3,(H,17,19)(H,20,21)/t12-,13?/m0/s1.